The van der Waals surface area contributed by atoms with Crippen molar-refractivity contribution in [1.82, 2.24) is 4.90 Å². The Kier molecular flexibility index (Phi) is 6.43. The van der Waals surface area contributed by atoms with Crippen molar-refractivity contribution in [1.29, 1.82) is 0 Å². The van der Waals surface area contributed by atoms with E-state index in [0.29, 0.717) is 28.9 Å². The van der Waals surface area contributed by atoms with E-state index in [9.17, 15) is 14.0 Å². The van der Waals surface area contributed by atoms with Crippen LogP contribution >= 0.6 is 15.9 Å². The number of carbonyl (C=O) groups is 1. The van der Waals surface area contributed by atoms with E-state index in [4.69, 9.17) is 9.15 Å². The lowest BCUT2D eigenvalue weighted by Crippen LogP contribution is -2.29. The summed E-state index contributed by atoms with van der Waals surface area (Å²) in [4.78, 5) is 28.9. The molecule has 0 aliphatic carbocycles. The third kappa shape index (κ3) is 4.48. The van der Waals surface area contributed by atoms with E-state index in [1.807, 2.05) is 24.3 Å². The molecule has 0 saturated heterocycles. The predicted octanol–water partition coefficient (Wildman–Crippen LogP) is 6.62. The van der Waals surface area contributed by atoms with Gasteiger partial charge >= 0.3 is 0 Å². The minimum absolute atomic E-state index is 0.0363. The van der Waals surface area contributed by atoms with Gasteiger partial charge in [0.2, 0.25) is 5.76 Å². The van der Waals surface area contributed by atoms with Gasteiger partial charge in [0.1, 0.15) is 17.1 Å². The monoisotopic (exact) mass is 535 g/mol. The number of carbonyl (C=O) groups excluding carboxylic acids is 1. The lowest BCUT2D eigenvalue weighted by Gasteiger charge is -2.25. The number of benzene rings is 3. The highest BCUT2D eigenvalue weighted by molar-refractivity contribution is 9.10. The van der Waals surface area contributed by atoms with Crippen molar-refractivity contribution < 1.29 is 18.3 Å². The third-order valence-corrected chi connectivity index (χ3v) is 6.63. The van der Waals surface area contributed by atoms with Crippen LogP contribution in [-0.4, -0.2) is 17.4 Å². The SMILES string of the molecule is CCCCOc1cccc(C2c3c(oc4ccc(Br)cc4c3=O)C(=O)N2Cc2ccc(F)cc2)c1. The van der Waals surface area contributed by atoms with Gasteiger partial charge in [-0.15, -0.1) is 0 Å². The van der Waals surface area contributed by atoms with Gasteiger partial charge in [-0.3, -0.25) is 9.59 Å². The molecule has 2 heterocycles. The van der Waals surface area contributed by atoms with Crippen LogP contribution in [0.4, 0.5) is 4.39 Å². The van der Waals surface area contributed by atoms with Gasteiger partial charge < -0.3 is 14.1 Å². The van der Waals surface area contributed by atoms with Crippen molar-refractivity contribution in [3.8, 4) is 5.75 Å². The molecule has 1 aliphatic heterocycles. The van der Waals surface area contributed by atoms with E-state index < -0.39 is 6.04 Å². The smallest absolute Gasteiger partial charge is 0.291 e. The van der Waals surface area contributed by atoms with Crippen LogP contribution < -0.4 is 10.2 Å². The minimum Gasteiger partial charge on any atom is -0.494 e. The third-order valence-electron chi connectivity index (χ3n) is 6.13. The van der Waals surface area contributed by atoms with Crippen LogP contribution in [0, 0.1) is 5.82 Å². The molecule has 35 heavy (non-hydrogen) atoms. The van der Waals surface area contributed by atoms with E-state index in [1.165, 1.54) is 12.1 Å². The lowest BCUT2D eigenvalue weighted by atomic mass is 9.98. The number of rotatable bonds is 7. The highest BCUT2D eigenvalue weighted by Crippen LogP contribution is 2.40. The number of unbranched alkanes of at least 4 members (excludes halogenated alkanes) is 1. The number of hydrogen-bond donors (Lipinski definition) is 0. The number of halogens is 2. The first kappa shape index (κ1) is 23.3. The summed E-state index contributed by atoms with van der Waals surface area (Å²) in [6.45, 7) is 2.87. The molecule has 5 rings (SSSR count). The van der Waals surface area contributed by atoms with E-state index >= 15 is 0 Å². The Morgan fingerprint density at radius 1 is 1.06 bits per heavy atom. The molecule has 0 fully saturated rings. The van der Waals surface area contributed by atoms with Gasteiger partial charge in [0.25, 0.3) is 5.91 Å². The van der Waals surface area contributed by atoms with E-state index in [0.717, 1.165) is 28.4 Å². The van der Waals surface area contributed by atoms with Gasteiger partial charge in [0, 0.05) is 11.0 Å². The second-order valence-electron chi connectivity index (χ2n) is 8.55. The van der Waals surface area contributed by atoms with Crippen LogP contribution in [-0.2, 0) is 6.54 Å². The van der Waals surface area contributed by atoms with Crippen molar-refractivity contribution in [2.24, 2.45) is 0 Å². The second-order valence-corrected chi connectivity index (χ2v) is 9.47. The molecule has 1 aliphatic rings. The van der Waals surface area contributed by atoms with Gasteiger partial charge in [0.05, 0.1) is 23.6 Å². The van der Waals surface area contributed by atoms with Gasteiger partial charge in [-0.25, -0.2) is 4.39 Å². The summed E-state index contributed by atoms with van der Waals surface area (Å²) in [5.74, 6) is -0.0266. The van der Waals surface area contributed by atoms with Gasteiger partial charge in [0.15, 0.2) is 5.43 Å². The first-order valence-electron chi connectivity index (χ1n) is 11.5. The number of fused-ring (bicyclic) bond motifs is 2. The van der Waals surface area contributed by atoms with Crippen LogP contribution in [0.1, 0.15) is 53.1 Å². The van der Waals surface area contributed by atoms with Gasteiger partial charge in [-0.2, -0.15) is 0 Å². The van der Waals surface area contributed by atoms with Crippen LogP contribution in [0.3, 0.4) is 0 Å². The summed E-state index contributed by atoms with van der Waals surface area (Å²) in [6.07, 6.45) is 1.94. The number of amides is 1. The van der Waals surface area contributed by atoms with Crippen LogP contribution in [0.5, 0.6) is 5.75 Å². The first-order valence-corrected chi connectivity index (χ1v) is 12.3. The summed E-state index contributed by atoms with van der Waals surface area (Å²) in [5, 5.41) is 0.398. The summed E-state index contributed by atoms with van der Waals surface area (Å²) in [6, 6.07) is 17.9. The quantitative estimate of drug-likeness (QED) is 0.249. The molecular formula is C28H23BrFNO4. The molecule has 0 saturated carbocycles. The van der Waals surface area contributed by atoms with Crippen molar-refractivity contribution in [3.05, 3.63) is 110 Å². The molecule has 5 nitrogen and oxygen atoms in total. The Balaban J connectivity index is 1.65. The Hall–Kier alpha value is -3.45. The van der Waals surface area contributed by atoms with Crippen LogP contribution in [0.2, 0.25) is 0 Å². The molecule has 1 unspecified atom stereocenters. The fraction of sp³-hybridized carbons (Fsp3) is 0.214. The molecule has 0 radical (unpaired) electrons. The zero-order valence-corrected chi connectivity index (χ0v) is 20.7. The number of ether oxygens (including phenoxy) is 1. The Labute approximate surface area is 210 Å². The lowest BCUT2D eigenvalue weighted by molar-refractivity contribution is 0.0714. The summed E-state index contributed by atoms with van der Waals surface area (Å²) >= 11 is 3.42. The maximum absolute atomic E-state index is 13.7. The summed E-state index contributed by atoms with van der Waals surface area (Å²) in [5.41, 5.74) is 1.89. The molecule has 1 amide bonds. The zero-order chi connectivity index (χ0) is 24.5. The molecule has 1 aromatic heterocycles. The average Bonchev–Trinajstić information content (AvgIpc) is 3.13. The normalized spacial score (nSPS) is 15.0. The highest BCUT2D eigenvalue weighted by Gasteiger charge is 2.42. The van der Waals surface area contributed by atoms with E-state index in [2.05, 4.69) is 22.9 Å². The van der Waals surface area contributed by atoms with E-state index in [-0.39, 0.29) is 29.5 Å². The van der Waals surface area contributed by atoms with Gasteiger partial charge in [-0.05, 0) is 60.0 Å². The molecular weight excluding hydrogens is 513 g/mol. The Morgan fingerprint density at radius 3 is 2.63 bits per heavy atom. The summed E-state index contributed by atoms with van der Waals surface area (Å²) < 4.78 is 26.1. The minimum atomic E-state index is -0.670. The standard InChI is InChI=1S/C28H23BrFNO4/c1-2-3-13-34-21-6-4-5-18(14-21)25-24-26(32)22-15-19(29)9-12-23(22)35-27(24)28(33)31(25)16-17-7-10-20(30)11-8-17/h4-12,14-15,25H,2-3,13,16H2,1H3. The maximum Gasteiger partial charge on any atom is 0.291 e. The van der Waals surface area contributed by atoms with Crippen molar-refractivity contribution >= 4 is 32.8 Å². The van der Waals surface area contributed by atoms with Gasteiger partial charge in [-0.1, -0.05) is 53.5 Å². The van der Waals surface area contributed by atoms with Crippen molar-refractivity contribution in [2.75, 3.05) is 6.61 Å². The molecule has 1 atom stereocenters. The summed E-state index contributed by atoms with van der Waals surface area (Å²) in [7, 11) is 0. The molecule has 7 heteroatoms. The van der Waals surface area contributed by atoms with E-state index in [1.54, 1.807) is 35.2 Å². The second kappa shape index (κ2) is 9.66. The molecule has 3 aromatic carbocycles. The Bertz CT molecular complexity index is 1460. The van der Waals surface area contributed by atoms with Crippen molar-refractivity contribution in [2.45, 2.75) is 32.4 Å². The number of hydrogen-bond acceptors (Lipinski definition) is 4. The highest BCUT2D eigenvalue weighted by atomic mass is 79.9. The zero-order valence-electron chi connectivity index (χ0n) is 19.1. The van der Waals surface area contributed by atoms with Crippen molar-refractivity contribution in [3.63, 3.8) is 0 Å². The maximum atomic E-state index is 13.7. The fourth-order valence-electron chi connectivity index (χ4n) is 4.40. The molecule has 0 spiro atoms. The first-order chi connectivity index (χ1) is 17.0. The molecule has 0 N–H and O–H groups in total. The number of nitrogens with zero attached hydrogens (tertiary/aromatic N) is 1. The van der Waals surface area contributed by atoms with Crippen LogP contribution in [0.25, 0.3) is 11.0 Å². The molecule has 4 aromatic rings. The Morgan fingerprint density at radius 2 is 1.86 bits per heavy atom. The average molecular weight is 536 g/mol. The molecule has 0 bridgehead atoms. The predicted molar refractivity (Wildman–Crippen MR) is 135 cm³/mol. The molecule has 178 valence electrons. The fourth-order valence-corrected chi connectivity index (χ4v) is 4.76. The van der Waals surface area contributed by atoms with Crippen LogP contribution in [0.15, 0.2) is 80.4 Å². The largest absolute Gasteiger partial charge is 0.494 e. The topological polar surface area (TPSA) is 59.8 Å².